The fourth-order valence-electron chi connectivity index (χ4n) is 2.14. The third-order valence-electron chi connectivity index (χ3n) is 3.27. The number of carbonyl (C=O) groups is 1. The van der Waals surface area contributed by atoms with Crippen molar-refractivity contribution in [3.63, 3.8) is 0 Å². The molecular formula is C15H19N3O3. The SMILES string of the molecule is CCn1cc(C(=O)NCCCO)c(=O)c2ccc(C)nc21. The maximum absolute atomic E-state index is 12.4. The molecule has 2 aromatic rings. The highest BCUT2D eigenvalue weighted by Gasteiger charge is 2.15. The van der Waals surface area contributed by atoms with Crippen LogP contribution in [0, 0.1) is 6.92 Å². The predicted molar refractivity (Wildman–Crippen MR) is 80.5 cm³/mol. The van der Waals surface area contributed by atoms with E-state index in [1.165, 1.54) is 0 Å². The lowest BCUT2D eigenvalue weighted by Crippen LogP contribution is -2.31. The second-order valence-electron chi connectivity index (χ2n) is 4.81. The number of nitrogens with one attached hydrogen (secondary N) is 1. The Morgan fingerprint density at radius 3 is 2.86 bits per heavy atom. The molecule has 112 valence electrons. The zero-order chi connectivity index (χ0) is 15.4. The van der Waals surface area contributed by atoms with E-state index in [1.54, 1.807) is 22.9 Å². The average Bonchev–Trinajstić information content (AvgIpc) is 2.47. The first-order chi connectivity index (χ1) is 10.1. The number of rotatable bonds is 5. The summed E-state index contributed by atoms with van der Waals surface area (Å²) in [6, 6.07) is 3.47. The van der Waals surface area contributed by atoms with Crippen LogP contribution in [0.4, 0.5) is 0 Å². The Labute approximate surface area is 122 Å². The van der Waals surface area contributed by atoms with E-state index >= 15 is 0 Å². The third kappa shape index (κ3) is 3.11. The molecule has 1 amide bonds. The molecule has 2 rings (SSSR count). The van der Waals surface area contributed by atoms with E-state index in [2.05, 4.69) is 10.3 Å². The average molecular weight is 289 g/mol. The number of aliphatic hydroxyl groups is 1. The van der Waals surface area contributed by atoms with Crippen LogP contribution in [0.15, 0.2) is 23.1 Å². The van der Waals surface area contributed by atoms with Crippen molar-refractivity contribution in [3.8, 4) is 0 Å². The van der Waals surface area contributed by atoms with Gasteiger partial charge < -0.3 is 15.0 Å². The van der Waals surface area contributed by atoms with E-state index in [9.17, 15) is 9.59 Å². The first-order valence-electron chi connectivity index (χ1n) is 6.98. The van der Waals surface area contributed by atoms with Gasteiger partial charge in [-0.2, -0.15) is 0 Å². The number of aryl methyl sites for hydroxylation is 2. The van der Waals surface area contributed by atoms with Crippen LogP contribution >= 0.6 is 0 Å². The van der Waals surface area contributed by atoms with Crippen LogP contribution in [0.3, 0.4) is 0 Å². The molecule has 0 fully saturated rings. The molecule has 0 radical (unpaired) electrons. The number of aromatic nitrogens is 2. The van der Waals surface area contributed by atoms with Crippen molar-refractivity contribution in [1.82, 2.24) is 14.9 Å². The summed E-state index contributed by atoms with van der Waals surface area (Å²) in [6.45, 7) is 4.75. The smallest absolute Gasteiger partial charge is 0.256 e. The van der Waals surface area contributed by atoms with Crippen molar-refractivity contribution in [3.05, 3.63) is 39.8 Å². The van der Waals surface area contributed by atoms with Crippen molar-refractivity contribution >= 4 is 16.9 Å². The zero-order valence-electron chi connectivity index (χ0n) is 12.2. The number of nitrogens with zero attached hydrogens (tertiary/aromatic N) is 2. The molecule has 0 spiro atoms. The van der Waals surface area contributed by atoms with Gasteiger partial charge in [0.1, 0.15) is 11.2 Å². The Balaban J connectivity index is 2.50. The van der Waals surface area contributed by atoms with Crippen LogP contribution in [-0.4, -0.2) is 33.7 Å². The van der Waals surface area contributed by atoms with Gasteiger partial charge in [-0.05, 0) is 32.4 Å². The highest BCUT2D eigenvalue weighted by Crippen LogP contribution is 2.10. The van der Waals surface area contributed by atoms with Gasteiger partial charge in [0.25, 0.3) is 5.91 Å². The lowest BCUT2D eigenvalue weighted by Gasteiger charge is -2.11. The second-order valence-corrected chi connectivity index (χ2v) is 4.81. The largest absolute Gasteiger partial charge is 0.396 e. The summed E-state index contributed by atoms with van der Waals surface area (Å²) in [5, 5.41) is 11.8. The Bertz CT molecular complexity index is 722. The first-order valence-corrected chi connectivity index (χ1v) is 6.98. The molecule has 0 saturated carbocycles. The normalized spacial score (nSPS) is 10.8. The molecule has 0 unspecified atom stereocenters. The van der Waals surface area contributed by atoms with Crippen LogP contribution in [0.25, 0.3) is 11.0 Å². The van der Waals surface area contributed by atoms with Crippen molar-refractivity contribution in [2.24, 2.45) is 0 Å². The fraction of sp³-hybridized carbons (Fsp3) is 0.400. The van der Waals surface area contributed by atoms with Crippen molar-refractivity contribution < 1.29 is 9.90 Å². The summed E-state index contributed by atoms with van der Waals surface area (Å²) in [4.78, 5) is 28.9. The number of aliphatic hydroxyl groups excluding tert-OH is 1. The van der Waals surface area contributed by atoms with E-state index in [4.69, 9.17) is 5.11 Å². The molecule has 0 aliphatic rings. The Hall–Kier alpha value is -2.21. The summed E-state index contributed by atoms with van der Waals surface area (Å²) in [5.41, 5.74) is 1.20. The number of hydrogen-bond acceptors (Lipinski definition) is 4. The van der Waals surface area contributed by atoms with E-state index in [0.717, 1.165) is 5.69 Å². The number of fused-ring (bicyclic) bond motifs is 1. The van der Waals surface area contributed by atoms with Gasteiger partial charge in [0, 0.05) is 31.6 Å². The highest BCUT2D eigenvalue weighted by molar-refractivity contribution is 5.96. The van der Waals surface area contributed by atoms with Gasteiger partial charge in [-0.25, -0.2) is 4.98 Å². The number of carbonyl (C=O) groups excluding carboxylic acids is 1. The molecule has 2 aromatic heterocycles. The number of pyridine rings is 2. The van der Waals surface area contributed by atoms with E-state index < -0.39 is 5.91 Å². The van der Waals surface area contributed by atoms with Crippen LogP contribution in [0.2, 0.25) is 0 Å². The standard InChI is InChI=1S/C15H19N3O3/c1-3-18-9-12(15(21)16-7-4-8-19)13(20)11-6-5-10(2)17-14(11)18/h5-6,9,19H,3-4,7-8H2,1-2H3,(H,16,21). The Morgan fingerprint density at radius 2 is 2.19 bits per heavy atom. The number of hydrogen-bond donors (Lipinski definition) is 2. The lowest BCUT2D eigenvalue weighted by molar-refractivity contribution is 0.0949. The first kappa shape index (κ1) is 15.2. The zero-order valence-corrected chi connectivity index (χ0v) is 12.2. The predicted octanol–water partition coefficient (Wildman–Crippen LogP) is 0.837. The molecule has 0 aromatic carbocycles. The molecule has 2 heterocycles. The summed E-state index contributed by atoms with van der Waals surface area (Å²) >= 11 is 0. The topological polar surface area (TPSA) is 84.2 Å². The fourth-order valence-corrected chi connectivity index (χ4v) is 2.14. The van der Waals surface area contributed by atoms with Crippen LogP contribution in [0.1, 0.15) is 29.4 Å². The monoisotopic (exact) mass is 289 g/mol. The van der Waals surface area contributed by atoms with E-state index in [-0.39, 0.29) is 17.6 Å². The molecule has 0 aliphatic carbocycles. The minimum atomic E-state index is -0.418. The van der Waals surface area contributed by atoms with Crippen LogP contribution in [0.5, 0.6) is 0 Å². The lowest BCUT2D eigenvalue weighted by atomic mass is 10.1. The second kappa shape index (κ2) is 6.49. The van der Waals surface area contributed by atoms with Crippen LogP contribution < -0.4 is 10.7 Å². The Kier molecular flexibility index (Phi) is 4.70. The molecule has 21 heavy (non-hydrogen) atoms. The van der Waals surface area contributed by atoms with E-state index in [1.807, 2.05) is 13.8 Å². The van der Waals surface area contributed by atoms with Crippen molar-refractivity contribution in [1.29, 1.82) is 0 Å². The van der Waals surface area contributed by atoms with Crippen molar-refractivity contribution in [2.45, 2.75) is 26.8 Å². The molecule has 0 aliphatic heterocycles. The summed E-state index contributed by atoms with van der Waals surface area (Å²) in [6.07, 6.45) is 2.01. The van der Waals surface area contributed by atoms with Crippen molar-refractivity contribution in [2.75, 3.05) is 13.2 Å². The van der Waals surface area contributed by atoms with Crippen LogP contribution in [-0.2, 0) is 6.54 Å². The number of amides is 1. The van der Waals surface area contributed by atoms with Gasteiger partial charge in [-0.3, -0.25) is 9.59 Å². The highest BCUT2D eigenvalue weighted by atomic mass is 16.3. The molecule has 0 bridgehead atoms. The molecule has 6 heteroatoms. The minimum absolute atomic E-state index is 0.000386. The maximum Gasteiger partial charge on any atom is 0.256 e. The van der Waals surface area contributed by atoms with Gasteiger partial charge in [-0.15, -0.1) is 0 Å². The summed E-state index contributed by atoms with van der Waals surface area (Å²) in [5.74, 6) is -0.418. The van der Waals surface area contributed by atoms with Gasteiger partial charge in [0.15, 0.2) is 0 Å². The summed E-state index contributed by atoms with van der Waals surface area (Å²) < 4.78 is 1.80. The molecule has 6 nitrogen and oxygen atoms in total. The maximum atomic E-state index is 12.4. The Morgan fingerprint density at radius 1 is 1.43 bits per heavy atom. The van der Waals surface area contributed by atoms with E-state index in [0.29, 0.717) is 30.5 Å². The van der Waals surface area contributed by atoms with Gasteiger partial charge in [-0.1, -0.05) is 0 Å². The molecular weight excluding hydrogens is 270 g/mol. The molecule has 2 N–H and O–H groups in total. The van der Waals surface area contributed by atoms with Gasteiger partial charge in [0.05, 0.1) is 5.39 Å². The quantitative estimate of drug-likeness (QED) is 0.799. The molecule has 0 atom stereocenters. The molecule has 0 saturated heterocycles. The third-order valence-corrected chi connectivity index (χ3v) is 3.27. The van der Waals surface area contributed by atoms with Gasteiger partial charge >= 0.3 is 0 Å². The minimum Gasteiger partial charge on any atom is -0.396 e. The summed E-state index contributed by atoms with van der Waals surface area (Å²) in [7, 11) is 0. The van der Waals surface area contributed by atoms with Gasteiger partial charge in [0.2, 0.25) is 5.43 Å².